The summed E-state index contributed by atoms with van der Waals surface area (Å²) in [5.74, 6) is 2.51. The molecule has 90 valence electrons. The van der Waals surface area contributed by atoms with Crippen LogP contribution in [0.15, 0.2) is 4.99 Å². The minimum absolute atomic E-state index is 0.303. The Morgan fingerprint density at radius 2 is 2.00 bits per heavy atom. The molecule has 0 aromatic carbocycles. The van der Waals surface area contributed by atoms with Crippen molar-refractivity contribution in [3.05, 3.63) is 0 Å². The third-order valence-electron chi connectivity index (χ3n) is 4.94. The number of nitrogens with zero attached hydrogens (tertiary/aromatic N) is 2. The van der Waals surface area contributed by atoms with Gasteiger partial charge in [-0.2, -0.15) is 0 Å². The van der Waals surface area contributed by atoms with Crippen LogP contribution in [0.5, 0.6) is 0 Å². The zero-order valence-corrected chi connectivity index (χ0v) is 10.4. The van der Waals surface area contributed by atoms with E-state index < -0.39 is 0 Å². The van der Waals surface area contributed by atoms with E-state index in [1.54, 1.807) is 0 Å². The fourth-order valence-electron chi connectivity index (χ4n) is 3.58. The molecule has 16 heavy (non-hydrogen) atoms. The van der Waals surface area contributed by atoms with Gasteiger partial charge in [0.15, 0.2) is 5.96 Å². The third kappa shape index (κ3) is 1.44. The van der Waals surface area contributed by atoms with Crippen LogP contribution in [0.2, 0.25) is 0 Å². The Morgan fingerprint density at radius 3 is 2.62 bits per heavy atom. The fraction of sp³-hybridized carbons (Fsp3) is 0.923. The van der Waals surface area contributed by atoms with Gasteiger partial charge in [0.1, 0.15) is 0 Å². The summed E-state index contributed by atoms with van der Waals surface area (Å²) in [4.78, 5) is 7.02. The second-order valence-electron chi connectivity index (χ2n) is 6.20. The van der Waals surface area contributed by atoms with Gasteiger partial charge in [-0.3, -0.25) is 4.99 Å². The summed E-state index contributed by atoms with van der Waals surface area (Å²) in [5, 5.41) is 0. The second-order valence-corrected chi connectivity index (χ2v) is 6.20. The Bertz CT molecular complexity index is 321. The summed E-state index contributed by atoms with van der Waals surface area (Å²) in [5.41, 5.74) is 6.38. The molecule has 0 aromatic heterocycles. The first kappa shape index (κ1) is 10.4. The minimum atomic E-state index is 0.303. The van der Waals surface area contributed by atoms with Crippen molar-refractivity contribution in [1.29, 1.82) is 0 Å². The third-order valence-corrected chi connectivity index (χ3v) is 4.94. The van der Waals surface area contributed by atoms with Crippen molar-refractivity contribution in [2.24, 2.45) is 22.6 Å². The highest BCUT2D eigenvalue weighted by molar-refractivity contribution is 5.81. The average molecular weight is 221 g/mol. The van der Waals surface area contributed by atoms with Gasteiger partial charge in [-0.25, -0.2) is 0 Å². The topological polar surface area (TPSA) is 41.6 Å². The Hall–Kier alpha value is -0.730. The number of hydrogen-bond donors (Lipinski definition) is 1. The number of rotatable bonds is 1. The molecule has 3 aliphatic rings. The Kier molecular flexibility index (Phi) is 2.20. The Labute approximate surface area is 98.1 Å². The number of aliphatic imine (C=N–C) groups is 1. The summed E-state index contributed by atoms with van der Waals surface area (Å²) < 4.78 is 0. The van der Waals surface area contributed by atoms with Gasteiger partial charge in [0.2, 0.25) is 0 Å². The molecule has 0 bridgehead atoms. The predicted molar refractivity (Wildman–Crippen MR) is 66.3 cm³/mol. The lowest BCUT2D eigenvalue weighted by atomic mass is 9.70. The van der Waals surface area contributed by atoms with Gasteiger partial charge in [-0.15, -0.1) is 0 Å². The van der Waals surface area contributed by atoms with Crippen LogP contribution in [0.25, 0.3) is 0 Å². The van der Waals surface area contributed by atoms with Crippen molar-refractivity contribution in [1.82, 2.24) is 4.90 Å². The van der Waals surface area contributed by atoms with E-state index in [1.807, 2.05) is 0 Å². The molecule has 2 N–H and O–H groups in total. The van der Waals surface area contributed by atoms with Crippen LogP contribution in [-0.4, -0.2) is 29.0 Å². The summed E-state index contributed by atoms with van der Waals surface area (Å²) in [6, 6.07) is 0.715. The molecule has 2 aliphatic carbocycles. The van der Waals surface area contributed by atoms with Crippen molar-refractivity contribution < 1.29 is 0 Å². The van der Waals surface area contributed by atoms with Gasteiger partial charge in [0.05, 0.1) is 12.1 Å². The summed E-state index contributed by atoms with van der Waals surface area (Å²) in [7, 11) is 0. The lowest BCUT2D eigenvalue weighted by molar-refractivity contribution is 0.0792. The van der Waals surface area contributed by atoms with Gasteiger partial charge in [0.25, 0.3) is 0 Å². The van der Waals surface area contributed by atoms with Gasteiger partial charge in [-0.1, -0.05) is 13.8 Å². The highest BCUT2D eigenvalue weighted by Gasteiger charge is 2.50. The molecule has 1 heterocycles. The molecule has 3 nitrogen and oxygen atoms in total. The van der Waals surface area contributed by atoms with Crippen LogP contribution in [0, 0.1) is 11.8 Å². The van der Waals surface area contributed by atoms with Crippen LogP contribution < -0.4 is 5.73 Å². The van der Waals surface area contributed by atoms with E-state index >= 15 is 0 Å². The lowest BCUT2D eigenvalue weighted by Gasteiger charge is -2.46. The van der Waals surface area contributed by atoms with Gasteiger partial charge >= 0.3 is 0 Å². The molecule has 2 saturated carbocycles. The highest BCUT2D eigenvalue weighted by atomic mass is 15.4. The zero-order chi connectivity index (χ0) is 11.3. The molecule has 0 saturated heterocycles. The SMILES string of the molecule is CC1CCC2(CN=C(N)N2C2CC2)CC1C. The van der Waals surface area contributed by atoms with Crippen LogP contribution in [0.3, 0.4) is 0 Å². The number of guanidine groups is 1. The number of nitrogens with two attached hydrogens (primary N) is 1. The first-order valence-electron chi connectivity index (χ1n) is 6.72. The molecule has 0 amide bonds. The van der Waals surface area contributed by atoms with E-state index in [9.17, 15) is 0 Å². The fourth-order valence-corrected chi connectivity index (χ4v) is 3.58. The molecule has 1 spiro atoms. The summed E-state index contributed by atoms with van der Waals surface area (Å²) in [6.07, 6.45) is 6.56. The first-order chi connectivity index (χ1) is 7.62. The average Bonchev–Trinajstić information content (AvgIpc) is 3.02. The molecule has 0 radical (unpaired) electrons. The summed E-state index contributed by atoms with van der Waals surface area (Å²) >= 11 is 0. The first-order valence-corrected chi connectivity index (χ1v) is 6.72. The van der Waals surface area contributed by atoms with E-state index in [-0.39, 0.29) is 0 Å². The van der Waals surface area contributed by atoms with Crippen molar-refractivity contribution in [2.45, 2.75) is 57.5 Å². The van der Waals surface area contributed by atoms with Gasteiger partial charge < -0.3 is 10.6 Å². The van der Waals surface area contributed by atoms with Crippen LogP contribution in [-0.2, 0) is 0 Å². The standard InChI is InChI=1S/C13H23N3/c1-9-5-6-13(7-10(9)2)8-15-12(14)16(13)11-3-4-11/h9-11H,3-8H2,1-2H3,(H2,14,15). The van der Waals surface area contributed by atoms with Crippen molar-refractivity contribution >= 4 is 5.96 Å². The molecule has 0 aromatic rings. The molecular formula is C13H23N3. The largest absolute Gasteiger partial charge is 0.370 e. The summed E-state index contributed by atoms with van der Waals surface area (Å²) in [6.45, 7) is 5.73. The molecule has 2 fully saturated rings. The lowest BCUT2D eigenvalue weighted by Crippen LogP contribution is -2.55. The molecule has 3 rings (SSSR count). The number of hydrogen-bond acceptors (Lipinski definition) is 3. The molecule has 3 atom stereocenters. The van der Waals surface area contributed by atoms with E-state index in [2.05, 4.69) is 23.7 Å². The van der Waals surface area contributed by atoms with E-state index in [1.165, 1.54) is 32.1 Å². The monoisotopic (exact) mass is 221 g/mol. The zero-order valence-electron chi connectivity index (χ0n) is 10.4. The van der Waals surface area contributed by atoms with Crippen LogP contribution >= 0.6 is 0 Å². The minimum Gasteiger partial charge on any atom is -0.370 e. The van der Waals surface area contributed by atoms with Crippen LogP contribution in [0.4, 0.5) is 0 Å². The van der Waals surface area contributed by atoms with Crippen molar-refractivity contribution in [3.8, 4) is 0 Å². The molecule has 3 heteroatoms. The Morgan fingerprint density at radius 1 is 1.25 bits per heavy atom. The maximum atomic E-state index is 6.08. The van der Waals surface area contributed by atoms with Gasteiger partial charge in [-0.05, 0) is 43.9 Å². The van der Waals surface area contributed by atoms with Crippen molar-refractivity contribution in [3.63, 3.8) is 0 Å². The van der Waals surface area contributed by atoms with E-state index in [0.29, 0.717) is 11.6 Å². The second kappa shape index (κ2) is 3.38. The maximum Gasteiger partial charge on any atom is 0.192 e. The molecule has 1 aliphatic heterocycles. The Balaban J connectivity index is 1.82. The molecule has 3 unspecified atom stereocenters. The highest BCUT2D eigenvalue weighted by Crippen LogP contribution is 2.46. The maximum absolute atomic E-state index is 6.08. The smallest absolute Gasteiger partial charge is 0.192 e. The van der Waals surface area contributed by atoms with E-state index in [4.69, 9.17) is 5.73 Å². The van der Waals surface area contributed by atoms with Crippen molar-refractivity contribution in [2.75, 3.05) is 6.54 Å². The molecular weight excluding hydrogens is 198 g/mol. The predicted octanol–water partition coefficient (Wildman–Crippen LogP) is 1.97. The van der Waals surface area contributed by atoms with E-state index in [0.717, 1.165) is 24.3 Å². The quantitative estimate of drug-likeness (QED) is 0.735. The van der Waals surface area contributed by atoms with Crippen LogP contribution in [0.1, 0.15) is 46.0 Å². The van der Waals surface area contributed by atoms with Gasteiger partial charge in [0, 0.05) is 6.04 Å². The normalized spacial score (nSPS) is 43.9.